The van der Waals surface area contributed by atoms with Crippen LogP contribution < -0.4 is 5.73 Å². The van der Waals surface area contributed by atoms with E-state index in [4.69, 9.17) is 5.73 Å². The number of esters is 1. The fourth-order valence-electron chi connectivity index (χ4n) is 0.586. The quantitative estimate of drug-likeness (QED) is 0.447. The molecule has 64 valence electrons. The lowest BCUT2D eigenvalue weighted by Gasteiger charge is -2.02. The smallest absolute Gasteiger partial charge is 0.305 e. The Morgan fingerprint density at radius 1 is 1.73 bits per heavy atom. The third-order valence-corrected chi connectivity index (χ3v) is 1.16. The zero-order valence-electron chi connectivity index (χ0n) is 6.58. The molecule has 0 aromatic heterocycles. The summed E-state index contributed by atoms with van der Waals surface area (Å²) in [6.07, 6.45) is 1.20. The Morgan fingerprint density at radius 2 is 2.36 bits per heavy atom. The predicted molar refractivity (Wildman–Crippen MR) is 39.9 cm³/mol. The third-order valence-electron chi connectivity index (χ3n) is 1.16. The second-order valence-corrected chi connectivity index (χ2v) is 2.14. The molecule has 4 heteroatoms. The van der Waals surface area contributed by atoms with Crippen LogP contribution in [-0.4, -0.2) is 24.9 Å². The van der Waals surface area contributed by atoms with Gasteiger partial charge in [-0.1, -0.05) is 0 Å². The number of hydrogen-bond acceptors (Lipinski definition) is 4. The molecule has 0 saturated carbocycles. The van der Waals surface area contributed by atoms with E-state index in [0.717, 1.165) is 0 Å². The van der Waals surface area contributed by atoms with E-state index in [1.807, 2.05) is 0 Å². The molecule has 0 heterocycles. The number of rotatable bonds is 5. The highest BCUT2D eigenvalue weighted by molar-refractivity contribution is 5.70. The average molecular weight is 159 g/mol. The van der Waals surface area contributed by atoms with Gasteiger partial charge in [0.05, 0.1) is 12.6 Å². The molecule has 0 aromatic rings. The van der Waals surface area contributed by atoms with Gasteiger partial charge >= 0.3 is 5.97 Å². The fraction of sp³-hybridized carbons (Fsp3) is 0.714. The van der Waals surface area contributed by atoms with Gasteiger partial charge in [0.15, 0.2) is 0 Å². The molecule has 0 fully saturated rings. The second kappa shape index (κ2) is 5.85. The molecule has 0 spiro atoms. The first kappa shape index (κ1) is 10.1. The lowest BCUT2D eigenvalue weighted by molar-refractivity contribution is -0.143. The zero-order valence-corrected chi connectivity index (χ0v) is 6.58. The van der Waals surface area contributed by atoms with Crippen LogP contribution in [0.2, 0.25) is 0 Å². The Labute approximate surface area is 65.7 Å². The minimum absolute atomic E-state index is 0.216. The molecule has 0 amide bonds. The standard InChI is InChI=1S/C7H13NO3/c1-2-11-7(10)4-3-6(8)5-9/h5-6H,2-4,8H2,1H3. The molecule has 0 aliphatic heterocycles. The molecule has 0 aliphatic rings. The normalized spacial score (nSPS) is 12.2. The number of hydrogen-bond donors (Lipinski definition) is 1. The highest BCUT2D eigenvalue weighted by Crippen LogP contribution is 1.94. The number of ether oxygens (including phenoxy) is 1. The van der Waals surface area contributed by atoms with Crippen LogP contribution in [0.25, 0.3) is 0 Å². The summed E-state index contributed by atoms with van der Waals surface area (Å²) in [6, 6.07) is -0.542. The van der Waals surface area contributed by atoms with Gasteiger partial charge in [0.25, 0.3) is 0 Å². The third kappa shape index (κ3) is 5.54. The molecule has 4 nitrogen and oxygen atoms in total. The maximum Gasteiger partial charge on any atom is 0.305 e. The van der Waals surface area contributed by atoms with Crippen molar-refractivity contribution in [1.29, 1.82) is 0 Å². The lowest BCUT2D eigenvalue weighted by atomic mass is 10.2. The van der Waals surface area contributed by atoms with Crippen molar-refractivity contribution in [2.75, 3.05) is 6.61 Å². The summed E-state index contributed by atoms with van der Waals surface area (Å²) in [5.74, 6) is -0.301. The molecular formula is C7H13NO3. The summed E-state index contributed by atoms with van der Waals surface area (Å²) in [5, 5.41) is 0. The SMILES string of the molecule is CCOC(=O)CCC(N)C=O. The largest absolute Gasteiger partial charge is 0.466 e. The Bertz CT molecular complexity index is 136. The van der Waals surface area contributed by atoms with E-state index in [2.05, 4.69) is 4.74 Å². The molecule has 0 aliphatic carbocycles. The molecule has 0 saturated heterocycles. The van der Waals surface area contributed by atoms with Gasteiger partial charge in [-0.05, 0) is 13.3 Å². The van der Waals surface area contributed by atoms with Gasteiger partial charge in [-0.25, -0.2) is 0 Å². The minimum atomic E-state index is -0.542. The Kier molecular flexibility index (Phi) is 5.37. The van der Waals surface area contributed by atoms with Crippen LogP contribution in [0.15, 0.2) is 0 Å². The zero-order chi connectivity index (χ0) is 8.69. The van der Waals surface area contributed by atoms with E-state index in [9.17, 15) is 9.59 Å². The molecule has 0 aromatic carbocycles. The van der Waals surface area contributed by atoms with Crippen LogP contribution >= 0.6 is 0 Å². The lowest BCUT2D eigenvalue weighted by Crippen LogP contribution is -2.22. The number of carbonyl (C=O) groups is 2. The van der Waals surface area contributed by atoms with E-state index in [-0.39, 0.29) is 12.4 Å². The van der Waals surface area contributed by atoms with E-state index in [1.54, 1.807) is 6.92 Å². The summed E-state index contributed by atoms with van der Waals surface area (Å²) in [5.41, 5.74) is 5.24. The molecule has 0 rings (SSSR count). The minimum Gasteiger partial charge on any atom is -0.466 e. The van der Waals surface area contributed by atoms with Gasteiger partial charge in [0, 0.05) is 6.42 Å². The van der Waals surface area contributed by atoms with Crippen molar-refractivity contribution >= 4 is 12.3 Å². The van der Waals surface area contributed by atoms with Crippen LogP contribution in [0.4, 0.5) is 0 Å². The summed E-state index contributed by atoms with van der Waals surface area (Å²) in [6.45, 7) is 2.10. The maximum atomic E-state index is 10.7. The number of carbonyl (C=O) groups excluding carboxylic acids is 2. The predicted octanol–water partition coefficient (Wildman–Crippen LogP) is -0.144. The van der Waals surface area contributed by atoms with Gasteiger partial charge in [0.2, 0.25) is 0 Å². The summed E-state index contributed by atoms with van der Waals surface area (Å²) in [7, 11) is 0. The molecule has 2 N–H and O–H groups in total. The summed E-state index contributed by atoms with van der Waals surface area (Å²) in [4.78, 5) is 20.7. The monoisotopic (exact) mass is 159 g/mol. The average Bonchev–Trinajstić information content (AvgIpc) is 2.01. The van der Waals surface area contributed by atoms with E-state index < -0.39 is 6.04 Å². The van der Waals surface area contributed by atoms with Crippen LogP contribution in [0.3, 0.4) is 0 Å². The van der Waals surface area contributed by atoms with E-state index in [0.29, 0.717) is 19.3 Å². The topological polar surface area (TPSA) is 69.4 Å². The highest BCUT2D eigenvalue weighted by Gasteiger charge is 2.05. The van der Waals surface area contributed by atoms with Gasteiger partial charge in [0.1, 0.15) is 6.29 Å². The van der Waals surface area contributed by atoms with Crippen molar-refractivity contribution in [3.05, 3.63) is 0 Å². The van der Waals surface area contributed by atoms with Crippen molar-refractivity contribution in [3.63, 3.8) is 0 Å². The van der Waals surface area contributed by atoms with Crippen molar-refractivity contribution in [1.82, 2.24) is 0 Å². The summed E-state index contributed by atoms with van der Waals surface area (Å²) < 4.78 is 4.63. The van der Waals surface area contributed by atoms with Crippen LogP contribution in [-0.2, 0) is 14.3 Å². The molecule has 1 atom stereocenters. The molecular weight excluding hydrogens is 146 g/mol. The molecule has 11 heavy (non-hydrogen) atoms. The first-order valence-corrected chi connectivity index (χ1v) is 3.57. The number of nitrogens with two attached hydrogens (primary N) is 1. The molecule has 0 radical (unpaired) electrons. The van der Waals surface area contributed by atoms with Crippen LogP contribution in [0.1, 0.15) is 19.8 Å². The van der Waals surface area contributed by atoms with E-state index >= 15 is 0 Å². The summed E-state index contributed by atoms with van der Waals surface area (Å²) >= 11 is 0. The van der Waals surface area contributed by atoms with Crippen molar-refractivity contribution in [2.45, 2.75) is 25.8 Å². The Hall–Kier alpha value is -0.900. The Balaban J connectivity index is 3.37. The molecule has 0 bridgehead atoms. The van der Waals surface area contributed by atoms with Crippen molar-refractivity contribution in [3.8, 4) is 0 Å². The highest BCUT2D eigenvalue weighted by atomic mass is 16.5. The maximum absolute atomic E-state index is 10.7. The van der Waals surface area contributed by atoms with Crippen molar-refractivity contribution in [2.24, 2.45) is 5.73 Å². The Morgan fingerprint density at radius 3 is 2.82 bits per heavy atom. The molecule has 1 unspecified atom stereocenters. The van der Waals surface area contributed by atoms with Gasteiger partial charge < -0.3 is 15.3 Å². The first-order valence-electron chi connectivity index (χ1n) is 3.57. The fourth-order valence-corrected chi connectivity index (χ4v) is 0.586. The second-order valence-electron chi connectivity index (χ2n) is 2.14. The van der Waals surface area contributed by atoms with Gasteiger partial charge in [-0.15, -0.1) is 0 Å². The van der Waals surface area contributed by atoms with Gasteiger partial charge in [-0.3, -0.25) is 4.79 Å². The first-order chi connectivity index (χ1) is 5.20. The van der Waals surface area contributed by atoms with Gasteiger partial charge in [-0.2, -0.15) is 0 Å². The van der Waals surface area contributed by atoms with E-state index in [1.165, 1.54) is 0 Å². The van der Waals surface area contributed by atoms with Crippen LogP contribution in [0.5, 0.6) is 0 Å². The number of aldehydes is 1. The van der Waals surface area contributed by atoms with Crippen molar-refractivity contribution < 1.29 is 14.3 Å². The van der Waals surface area contributed by atoms with Crippen LogP contribution in [0, 0.1) is 0 Å².